The zero-order valence-electron chi connectivity index (χ0n) is 4.37. The van der Waals surface area contributed by atoms with Crippen LogP contribution in [0.5, 0.6) is 0 Å². The molecule has 0 aromatic rings. The molecule has 0 saturated carbocycles. The molecule has 52 valence electrons. The Kier molecular flexibility index (Phi) is 2.20. The summed E-state index contributed by atoms with van der Waals surface area (Å²) in [5, 5.41) is 15.4. The molecule has 0 aliphatic heterocycles. The molecule has 0 aromatic carbocycles. The van der Waals surface area contributed by atoms with Gasteiger partial charge in [-0.25, -0.2) is 16.0 Å². The van der Waals surface area contributed by atoms with E-state index >= 15 is 0 Å². The summed E-state index contributed by atoms with van der Waals surface area (Å²) < 4.78 is 0. The molecule has 0 unspecified atom stereocenters. The van der Waals surface area contributed by atoms with E-state index in [0.29, 0.717) is 0 Å². The number of hydrogen-bond donors (Lipinski definition) is 4. The minimum atomic E-state index is -0.929. The largest absolute Gasteiger partial charge is 0.367 e. The molecule has 0 heterocycles. The monoisotopic (exact) mass is 134 g/mol. The van der Waals surface area contributed by atoms with E-state index in [1.807, 2.05) is 0 Å². The minimum Gasteiger partial charge on any atom is -0.367 e. The maximum atomic E-state index is 9.53. The highest BCUT2D eigenvalue weighted by molar-refractivity contribution is 5.73. The normalized spacial score (nSPS) is 8.11. The molecule has 6 N–H and O–H groups in total. The molecule has 9 heavy (non-hydrogen) atoms. The van der Waals surface area contributed by atoms with Gasteiger partial charge in [-0.1, -0.05) is 0 Å². The van der Waals surface area contributed by atoms with Crippen molar-refractivity contribution >= 4 is 5.96 Å². The van der Waals surface area contributed by atoms with Gasteiger partial charge in [-0.3, -0.25) is 5.41 Å². The standard InChI is InChI=1S/CH6N6O2/c2-1(3)6(4)5-7(8)9/h5H,4H2,(H3,2,3). The Balaban J connectivity index is 3.63. The van der Waals surface area contributed by atoms with Gasteiger partial charge >= 0.3 is 0 Å². The van der Waals surface area contributed by atoms with Gasteiger partial charge in [0.1, 0.15) is 0 Å². The quantitative estimate of drug-likeness (QED) is 0.111. The third-order valence-electron chi connectivity index (χ3n) is 0.449. The van der Waals surface area contributed by atoms with Crippen molar-refractivity contribution in [3.05, 3.63) is 10.1 Å². The average Bonchev–Trinajstić information content (AvgIpc) is 1.63. The van der Waals surface area contributed by atoms with Crippen molar-refractivity contribution in [3.63, 3.8) is 0 Å². The maximum absolute atomic E-state index is 9.53. The fraction of sp³-hybridized carbons (Fsp3) is 0. The SMILES string of the molecule is N=C(N)N(N)N[N+](=O)[O-]. The molecule has 0 rings (SSSR count). The van der Waals surface area contributed by atoms with E-state index in [1.54, 1.807) is 0 Å². The molecule has 0 aromatic heterocycles. The van der Waals surface area contributed by atoms with Gasteiger partial charge in [-0.15, -0.1) is 5.12 Å². The summed E-state index contributed by atoms with van der Waals surface area (Å²) in [4.78, 5) is 9.53. The fourth-order valence-corrected chi connectivity index (χ4v) is 0.142. The first-order valence-corrected chi connectivity index (χ1v) is 1.83. The third kappa shape index (κ3) is 3.05. The van der Waals surface area contributed by atoms with Crippen molar-refractivity contribution in [2.24, 2.45) is 11.6 Å². The van der Waals surface area contributed by atoms with Crippen molar-refractivity contribution in [3.8, 4) is 0 Å². The first-order valence-electron chi connectivity index (χ1n) is 1.83. The summed E-state index contributed by atoms with van der Waals surface area (Å²) in [6, 6.07) is 0. The number of hydrazine groups is 3. The lowest BCUT2D eigenvalue weighted by Gasteiger charge is -2.08. The molecule has 0 atom stereocenters. The number of nitrogens with one attached hydrogen (secondary N) is 2. The highest BCUT2D eigenvalue weighted by Gasteiger charge is 2.02. The van der Waals surface area contributed by atoms with E-state index in [2.05, 4.69) is 0 Å². The van der Waals surface area contributed by atoms with Crippen molar-refractivity contribution in [1.82, 2.24) is 10.7 Å². The minimum absolute atomic E-state index is 0.278. The van der Waals surface area contributed by atoms with E-state index in [1.165, 1.54) is 5.53 Å². The number of nitro groups is 1. The highest BCUT2D eigenvalue weighted by atomic mass is 16.7. The van der Waals surface area contributed by atoms with Crippen LogP contribution in [0.2, 0.25) is 0 Å². The summed E-state index contributed by atoms with van der Waals surface area (Å²) in [6.45, 7) is 0. The Morgan fingerprint density at radius 1 is 1.89 bits per heavy atom. The van der Waals surface area contributed by atoms with E-state index < -0.39 is 11.0 Å². The van der Waals surface area contributed by atoms with Crippen LogP contribution in [-0.4, -0.2) is 16.1 Å². The lowest BCUT2D eigenvalue weighted by atomic mass is 11.1. The topological polar surface area (TPSA) is 134 Å². The predicted octanol–water partition coefficient (Wildman–Crippen LogP) is -2.25. The van der Waals surface area contributed by atoms with Crippen molar-refractivity contribution < 1.29 is 5.03 Å². The van der Waals surface area contributed by atoms with E-state index in [-0.39, 0.29) is 5.12 Å². The van der Waals surface area contributed by atoms with Crippen LogP contribution in [0.15, 0.2) is 0 Å². The summed E-state index contributed by atoms with van der Waals surface area (Å²) in [6.07, 6.45) is 0. The lowest BCUT2D eigenvalue weighted by molar-refractivity contribution is -0.573. The smallest absolute Gasteiger partial charge is 0.227 e. The molecule has 0 amide bonds. The van der Waals surface area contributed by atoms with Gasteiger partial charge in [0.05, 0.1) is 0 Å². The van der Waals surface area contributed by atoms with Crippen LogP contribution in [0.1, 0.15) is 0 Å². The molecule has 0 aliphatic carbocycles. The summed E-state index contributed by atoms with van der Waals surface area (Å²) in [5.74, 6) is 4.12. The molecular formula is CH6N6O2. The van der Waals surface area contributed by atoms with Crippen LogP contribution in [0.4, 0.5) is 0 Å². The Hall–Kier alpha value is -1.57. The zero-order valence-corrected chi connectivity index (χ0v) is 4.37. The molecule has 8 nitrogen and oxygen atoms in total. The lowest BCUT2D eigenvalue weighted by Crippen LogP contribution is -2.53. The summed E-state index contributed by atoms with van der Waals surface area (Å²) in [5.41, 5.74) is 6.13. The Bertz CT molecular complexity index is 131. The third-order valence-corrected chi connectivity index (χ3v) is 0.449. The number of nitrogens with zero attached hydrogens (tertiary/aromatic N) is 2. The van der Waals surface area contributed by atoms with Gasteiger partial charge in [-0.05, 0) is 5.53 Å². The Labute approximate surface area is 50.0 Å². The number of rotatable bonds is 2. The van der Waals surface area contributed by atoms with Gasteiger partial charge in [0.25, 0.3) is 0 Å². The van der Waals surface area contributed by atoms with E-state index in [0.717, 1.165) is 0 Å². The maximum Gasteiger partial charge on any atom is 0.227 e. The molecule has 0 fully saturated rings. The molecule has 0 bridgehead atoms. The van der Waals surface area contributed by atoms with Gasteiger partial charge in [0.15, 0.2) is 5.03 Å². The first-order chi connectivity index (χ1) is 4.04. The summed E-state index contributed by atoms with van der Waals surface area (Å²) in [7, 11) is 0. The van der Waals surface area contributed by atoms with Gasteiger partial charge in [-0.2, -0.15) is 0 Å². The van der Waals surface area contributed by atoms with E-state index in [4.69, 9.17) is 17.0 Å². The van der Waals surface area contributed by atoms with Crippen molar-refractivity contribution in [2.45, 2.75) is 0 Å². The second-order valence-corrected chi connectivity index (χ2v) is 1.11. The van der Waals surface area contributed by atoms with Gasteiger partial charge < -0.3 is 5.73 Å². The zero-order chi connectivity index (χ0) is 7.44. The number of guanidine groups is 1. The van der Waals surface area contributed by atoms with Crippen LogP contribution in [-0.2, 0) is 0 Å². The Morgan fingerprint density at radius 2 is 2.33 bits per heavy atom. The van der Waals surface area contributed by atoms with Crippen LogP contribution in [0, 0.1) is 15.5 Å². The Morgan fingerprint density at radius 3 is 2.44 bits per heavy atom. The van der Waals surface area contributed by atoms with Gasteiger partial charge in [0.2, 0.25) is 5.96 Å². The molecule has 0 aliphatic rings. The molecule has 0 radical (unpaired) electrons. The average molecular weight is 134 g/mol. The summed E-state index contributed by atoms with van der Waals surface area (Å²) >= 11 is 0. The second-order valence-electron chi connectivity index (χ2n) is 1.11. The highest BCUT2D eigenvalue weighted by Crippen LogP contribution is 1.63. The van der Waals surface area contributed by atoms with Crippen LogP contribution in [0.25, 0.3) is 0 Å². The van der Waals surface area contributed by atoms with Crippen LogP contribution < -0.4 is 17.1 Å². The molecule has 0 spiro atoms. The van der Waals surface area contributed by atoms with E-state index in [9.17, 15) is 10.1 Å². The number of hydrogen-bond acceptors (Lipinski definition) is 4. The predicted molar refractivity (Wildman–Crippen MR) is 28.1 cm³/mol. The van der Waals surface area contributed by atoms with Crippen LogP contribution in [0.3, 0.4) is 0 Å². The molecular weight excluding hydrogens is 128 g/mol. The van der Waals surface area contributed by atoms with Crippen LogP contribution >= 0.6 is 0 Å². The molecule has 0 saturated heterocycles. The van der Waals surface area contributed by atoms with Gasteiger partial charge in [0, 0.05) is 0 Å². The fourth-order valence-electron chi connectivity index (χ4n) is 0.142. The van der Waals surface area contributed by atoms with Crippen molar-refractivity contribution in [2.75, 3.05) is 0 Å². The van der Waals surface area contributed by atoms with Crippen molar-refractivity contribution in [1.29, 1.82) is 5.41 Å². The number of nitrogens with two attached hydrogens (primary N) is 2. The second kappa shape index (κ2) is 2.67. The molecule has 8 heteroatoms. The first kappa shape index (κ1) is 7.43.